The number of rotatable bonds is 16. The Kier molecular flexibility index (Phi) is 12.3. The second-order valence-corrected chi connectivity index (χ2v) is 12.6. The fourth-order valence-corrected chi connectivity index (χ4v) is 7.03. The van der Waals surface area contributed by atoms with Crippen molar-refractivity contribution in [3.63, 3.8) is 0 Å². The minimum absolute atomic E-state index is 0.0892. The predicted molar refractivity (Wildman–Crippen MR) is 173 cm³/mol. The molecule has 0 aliphatic heterocycles. The van der Waals surface area contributed by atoms with Gasteiger partial charge in [-0.15, -0.1) is 0 Å². The second kappa shape index (κ2) is 16.4. The van der Waals surface area contributed by atoms with E-state index in [9.17, 15) is 18.9 Å². The van der Waals surface area contributed by atoms with E-state index in [1.54, 1.807) is 28.6 Å². The Labute approximate surface area is 262 Å². The van der Waals surface area contributed by atoms with Gasteiger partial charge in [-0.25, -0.2) is 13.3 Å². The minimum Gasteiger partial charge on any atom is -0.453 e. The maximum Gasteiger partial charge on any atom is 0.407 e. The van der Waals surface area contributed by atoms with Gasteiger partial charge in [-0.2, -0.15) is 0 Å². The highest BCUT2D eigenvalue weighted by molar-refractivity contribution is 7.82. The van der Waals surface area contributed by atoms with Gasteiger partial charge < -0.3 is 26.2 Å². The van der Waals surface area contributed by atoms with E-state index in [1.165, 1.54) is 7.11 Å². The molecule has 0 aromatic heterocycles. The molecule has 44 heavy (non-hydrogen) atoms. The number of nitrogens with zero attached hydrogens (tertiary/aromatic N) is 1. The summed E-state index contributed by atoms with van der Waals surface area (Å²) in [5, 5.41) is 16.3. The summed E-state index contributed by atoms with van der Waals surface area (Å²) in [7, 11) is -0.152. The van der Waals surface area contributed by atoms with Crippen LogP contribution in [0.25, 0.3) is 0 Å². The molecule has 3 aromatic rings. The summed E-state index contributed by atoms with van der Waals surface area (Å²) in [6, 6.07) is 25.0. The summed E-state index contributed by atoms with van der Waals surface area (Å²) in [5.74, 6) is -0.358. The molecule has 1 aliphatic carbocycles. The molecule has 1 saturated carbocycles. The van der Waals surface area contributed by atoms with Gasteiger partial charge >= 0.3 is 6.09 Å². The first kappa shape index (κ1) is 33.2. The molecule has 2 amide bonds. The van der Waals surface area contributed by atoms with Crippen molar-refractivity contribution >= 4 is 28.7 Å². The average Bonchev–Trinajstić information content (AvgIpc) is 3.90. The number of aliphatic hydroxyl groups excluding tert-OH is 1. The first-order valence-corrected chi connectivity index (χ1v) is 16.4. The number of hydrogen-bond donors (Lipinski definition) is 4. The van der Waals surface area contributed by atoms with Crippen LogP contribution in [0, 0.1) is 5.92 Å². The van der Waals surface area contributed by atoms with Crippen LogP contribution in [0.2, 0.25) is 0 Å². The van der Waals surface area contributed by atoms with Crippen molar-refractivity contribution in [3.8, 4) is 0 Å². The third-order valence-electron chi connectivity index (χ3n) is 8.19. The minimum atomic E-state index is -1.44. The number of amides is 2. The number of alkyl carbamates (subject to hydrolysis) is 1. The number of nitrogen functional groups attached to an aromatic ring is 1. The Hall–Kier alpha value is -3.73. The van der Waals surface area contributed by atoms with E-state index in [1.807, 2.05) is 67.6 Å². The van der Waals surface area contributed by atoms with Gasteiger partial charge in [0.2, 0.25) is 5.91 Å². The number of methoxy groups -OCH3 is 1. The van der Waals surface area contributed by atoms with Gasteiger partial charge in [0.1, 0.15) is 17.0 Å². The summed E-state index contributed by atoms with van der Waals surface area (Å²) in [6.07, 6.45) is 3.40. The molecule has 1 fully saturated rings. The van der Waals surface area contributed by atoms with Crippen LogP contribution in [0.1, 0.15) is 56.1 Å². The SMILES string of the molecule is CCN(C(CO)CCCC(NC(=O)C(NC(=O)OC)C(c1ccccc1)c1ccccc1)C1CC1)S(=O)c1ccc(N)cc1. The molecule has 0 heterocycles. The van der Waals surface area contributed by atoms with Crippen LogP contribution in [0.5, 0.6) is 0 Å². The Morgan fingerprint density at radius 3 is 2.05 bits per heavy atom. The van der Waals surface area contributed by atoms with Crippen LogP contribution in [-0.2, 0) is 20.5 Å². The highest BCUT2D eigenvalue weighted by atomic mass is 32.2. The molecule has 4 unspecified atom stereocenters. The summed E-state index contributed by atoms with van der Waals surface area (Å²) < 4.78 is 20.0. The number of benzene rings is 3. The Morgan fingerprint density at radius 1 is 0.955 bits per heavy atom. The number of nitrogens with two attached hydrogens (primary N) is 1. The van der Waals surface area contributed by atoms with Crippen LogP contribution in [-0.4, -0.2) is 64.0 Å². The second-order valence-electron chi connectivity index (χ2n) is 11.2. The summed E-state index contributed by atoms with van der Waals surface area (Å²) in [4.78, 5) is 27.2. The van der Waals surface area contributed by atoms with Gasteiger partial charge in [-0.3, -0.25) is 4.79 Å². The van der Waals surface area contributed by atoms with E-state index in [-0.39, 0.29) is 24.6 Å². The zero-order valence-corrected chi connectivity index (χ0v) is 26.2. The van der Waals surface area contributed by atoms with Crippen molar-refractivity contribution in [3.05, 3.63) is 96.1 Å². The number of ether oxygens (including phenoxy) is 1. The van der Waals surface area contributed by atoms with E-state index in [0.29, 0.717) is 35.9 Å². The van der Waals surface area contributed by atoms with Crippen LogP contribution < -0.4 is 16.4 Å². The lowest BCUT2D eigenvalue weighted by atomic mass is 9.84. The molecule has 236 valence electrons. The van der Waals surface area contributed by atoms with Gasteiger partial charge in [0.15, 0.2) is 0 Å². The molecule has 1 aliphatic rings. The fourth-order valence-electron chi connectivity index (χ4n) is 5.71. The number of likely N-dealkylation sites (N-methyl/N-ethyl adjacent to an activating group) is 1. The third kappa shape index (κ3) is 8.90. The van der Waals surface area contributed by atoms with Crippen molar-refractivity contribution in [2.24, 2.45) is 5.92 Å². The lowest BCUT2D eigenvalue weighted by Crippen LogP contribution is -2.53. The number of nitrogens with one attached hydrogen (secondary N) is 2. The van der Waals surface area contributed by atoms with Gasteiger partial charge in [0.25, 0.3) is 0 Å². The average molecular weight is 621 g/mol. The number of anilines is 1. The smallest absolute Gasteiger partial charge is 0.407 e. The van der Waals surface area contributed by atoms with Crippen LogP contribution in [0.15, 0.2) is 89.8 Å². The highest BCUT2D eigenvalue weighted by Gasteiger charge is 2.37. The molecule has 10 heteroatoms. The summed E-state index contributed by atoms with van der Waals surface area (Å²) >= 11 is 0. The monoisotopic (exact) mass is 620 g/mol. The fraction of sp³-hybridized carbons (Fsp3) is 0.412. The first-order valence-electron chi connectivity index (χ1n) is 15.3. The molecule has 4 atom stereocenters. The maximum absolute atomic E-state index is 14.0. The number of carbonyl (C=O) groups is 2. The zero-order valence-electron chi connectivity index (χ0n) is 25.4. The van der Waals surface area contributed by atoms with E-state index in [2.05, 4.69) is 10.6 Å². The molecule has 5 N–H and O–H groups in total. The Morgan fingerprint density at radius 2 is 1.55 bits per heavy atom. The van der Waals surface area contributed by atoms with Crippen LogP contribution >= 0.6 is 0 Å². The van der Waals surface area contributed by atoms with E-state index < -0.39 is 29.0 Å². The van der Waals surface area contributed by atoms with Crippen molar-refractivity contribution in [1.29, 1.82) is 0 Å². The molecule has 0 bridgehead atoms. The predicted octanol–water partition coefficient (Wildman–Crippen LogP) is 4.60. The van der Waals surface area contributed by atoms with Crippen molar-refractivity contribution in [2.75, 3.05) is 26.0 Å². The van der Waals surface area contributed by atoms with Gasteiger partial charge in [0.05, 0.1) is 18.6 Å². The molecule has 4 rings (SSSR count). The molecule has 0 spiro atoms. The van der Waals surface area contributed by atoms with Crippen molar-refractivity contribution < 1.29 is 23.6 Å². The lowest BCUT2D eigenvalue weighted by molar-refractivity contribution is -0.124. The lowest BCUT2D eigenvalue weighted by Gasteiger charge is -2.31. The maximum atomic E-state index is 14.0. The number of aliphatic hydroxyl groups is 1. The van der Waals surface area contributed by atoms with Gasteiger partial charge in [-0.1, -0.05) is 67.6 Å². The van der Waals surface area contributed by atoms with E-state index >= 15 is 0 Å². The summed E-state index contributed by atoms with van der Waals surface area (Å²) in [6.45, 7) is 2.30. The number of hydrogen-bond acceptors (Lipinski definition) is 6. The van der Waals surface area contributed by atoms with Gasteiger partial charge in [0, 0.05) is 30.2 Å². The largest absolute Gasteiger partial charge is 0.453 e. The first-order chi connectivity index (χ1) is 21.4. The van der Waals surface area contributed by atoms with Crippen LogP contribution in [0.4, 0.5) is 10.5 Å². The van der Waals surface area contributed by atoms with E-state index in [0.717, 1.165) is 30.4 Å². The normalized spacial score (nSPS) is 15.8. The van der Waals surface area contributed by atoms with Crippen molar-refractivity contribution in [2.45, 2.75) is 68.0 Å². The molecule has 0 saturated heterocycles. The van der Waals surface area contributed by atoms with Gasteiger partial charge in [-0.05, 0) is 73.4 Å². The number of carbonyl (C=O) groups excluding carboxylic acids is 2. The highest BCUT2D eigenvalue weighted by Crippen LogP contribution is 2.36. The Balaban J connectivity index is 1.48. The molecule has 9 nitrogen and oxygen atoms in total. The standard InChI is InChI=1S/C34H44N4O5S/c1-3-38(44(42)29-21-19-27(35)20-22-29)28(23-39)15-10-16-30(24-17-18-24)36-33(40)32(37-34(41)43-2)31(25-11-6-4-7-12-25)26-13-8-5-9-14-26/h4-9,11-14,19-22,24,28,30-32,39H,3,10,15-18,23,35H2,1-2H3,(H,36,40)(H,37,41). The topological polar surface area (TPSA) is 134 Å². The zero-order chi connectivity index (χ0) is 31.5. The third-order valence-corrected chi connectivity index (χ3v) is 9.85. The Bertz CT molecular complexity index is 1320. The van der Waals surface area contributed by atoms with Crippen LogP contribution in [0.3, 0.4) is 0 Å². The molecule has 0 radical (unpaired) electrons. The summed E-state index contributed by atoms with van der Waals surface area (Å²) in [5.41, 5.74) is 8.20. The van der Waals surface area contributed by atoms with Crippen molar-refractivity contribution in [1.82, 2.24) is 14.9 Å². The molecule has 3 aromatic carbocycles. The quantitative estimate of drug-likeness (QED) is 0.173. The molecular weight excluding hydrogens is 576 g/mol. The molecular formula is C34H44N4O5S. The van der Waals surface area contributed by atoms with E-state index in [4.69, 9.17) is 10.5 Å².